The minimum absolute atomic E-state index is 0.443. The van der Waals surface area contributed by atoms with E-state index in [1.165, 1.54) is 33.5 Å². The summed E-state index contributed by atoms with van der Waals surface area (Å²) in [6.07, 6.45) is 2.30. The minimum atomic E-state index is 0.443. The van der Waals surface area contributed by atoms with Crippen LogP contribution in [0.25, 0.3) is 0 Å². The predicted octanol–water partition coefficient (Wildman–Crippen LogP) is 5.47. The minimum Gasteiger partial charge on any atom is -0.497 e. The number of hydrogen-bond acceptors (Lipinski definition) is 2. The molecule has 2 aliphatic heterocycles. The van der Waals surface area contributed by atoms with Crippen LogP contribution in [0.4, 0.5) is 5.69 Å². The van der Waals surface area contributed by atoms with Crippen molar-refractivity contribution in [3.05, 3.63) is 94.5 Å². The molecule has 0 spiro atoms. The third-order valence-corrected chi connectivity index (χ3v) is 6.25. The third-order valence-electron chi connectivity index (χ3n) is 6.25. The average molecular weight is 355 g/mol. The zero-order valence-corrected chi connectivity index (χ0v) is 16.0. The fourth-order valence-corrected chi connectivity index (χ4v) is 4.83. The van der Waals surface area contributed by atoms with Gasteiger partial charge in [0.15, 0.2) is 0 Å². The molecule has 2 atom stereocenters. The van der Waals surface area contributed by atoms with Crippen molar-refractivity contribution in [3.8, 4) is 5.75 Å². The van der Waals surface area contributed by atoms with Crippen LogP contribution >= 0.6 is 0 Å². The van der Waals surface area contributed by atoms with Gasteiger partial charge < -0.3 is 9.64 Å². The zero-order chi connectivity index (χ0) is 18.4. The van der Waals surface area contributed by atoms with Crippen LogP contribution in [0.2, 0.25) is 0 Å². The van der Waals surface area contributed by atoms with Crippen molar-refractivity contribution in [1.82, 2.24) is 0 Å². The van der Waals surface area contributed by atoms with Crippen LogP contribution < -0.4 is 9.64 Å². The molecule has 0 saturated heterocycles. The molecule has 27 heavy (non-hydrogen) atoms. The first kappa shape index (κ1) is 16.4. The summed E-state index contributed by atoms with van der Waals surface area (Å²) in [5.41, 5.74) is 8.59. The smallest absolute Gasteiger partial charge is 0.118 e. The van der Waals surface area contributed by atoms with Gasteiger partial charge in [-0.3, -0.25) is 0 Å². The molecule has 2 nitrogen and oxygen atoms in total. The van der Waals surface area contributed by atoms with E-state index in [1.807, 2.05) is 0 Å². The number of hydrogen-bond donors (Lipinski definition) is 0. The van der Waals surface area contributed by atoms with Crippen LogP contribution in [0.5, 0.6) is 5.75 Å². The lowest BCUT2D eigenvalue weighted by molar-refractivity contribution is 0.414. The first-order valence-electron chi connectivity index (χ1n) is 9.81. The lowest BCUT2D eigenvalue weighted by atomic mass is 9.77. The Morgan fingerprint density at radius 1 is 0.926 bits per heavy atom. The van der Waals surface area contributed by atoms with Crippen molar-refractivity contribution < 1.29 is 4.74 Å². The Labute approximate surface area is 161 Å². The summed E-state index contributed by atoms with van der Waals surface area (Å²) >= 11 is 0. The van der Waals surface area contributed by atoms with E-state index in [2.05, 4.69) is 78.6 Å². The molecule has 0 N–H and O–H groups in total. The SMILES string of the molecule is COc1ccc([C@H]2C[C@H]3Cc4ccccc4CN3c3cc(C)ccc32)cc1. The molecule has 136 valence electrons. The molecule has 0 saturated carbocycles. The lowest BCUT2D eigenvalue weighted by Crippen LogP contribution is -2.44. The Morgan fingerprint density at radius 3 is 2.48 bits per heavy atom. The van der Waals surface area contributed by atoms with E-state index in [1.54, 1.807) is 7.11 Å². The highest BCUT2D eigenvalue weighted by Crippen LogP contribution is 2.45. The van der Waals surface area contributed by atoms with Gasteiger partial charge in [-0.2, -0.15) is 0 Å². The van der Waals surface area contributed by atoms with E-state index in [0.29, 0.717) is 12.0 Å². The first-order valence-corrected chi connectivity index (χ1v) is 9.81. The van der Waals surface area contributed by atoms with Crippen LogP contribution in [-0.2, 0) is 13.0 Å². The first-order chi connectivity index (χ1) is 13.2. The molecule has 0 aliphatic carbocycles. The second kappa shape index (κ2) is 6.45. The summed E-state index contributed by atoms with van der Waals surface area (Å²) in [7, 11) is 1.73. The van der Waals surface area contributed by atoms with Gasteiger partial charge in [-0.25, -0.2) is 0 Å². The van der Waals surface area contributed by atoms with Crippen molar-refractivity contribution >= 4 is 5.69 Å². The molecule has 3 aromatic rings. The fraction of sp³-hybridized carbons (Fsp3) is 0.280. The van der Waals surface area contributed by atoms with Crippen LogP contribution in [0.15, 0.2) is 66.7 Å². The molecule has 0 unspecified atom stereocenters. The lowest BCUT2D eigenvalue weighted by Gasteiger charge is -2.46. The van der Waals surface area contributed by atoms with Gasteiger partial charge in [-0.1, -0.05) is 48.5 Å². The summed E-state index contributed by atoms with van der Waals surface area (Å²) in [4.78, 5) is 2.64. The summed E-state index contributed by atoms with van der Waals surface area (Å²) in [5.74, 6) is 1.37. The molecule has 0 radical (unpaired) electrons. The van der Waals surface area contributed by atoms with Crippen molar-refractivity contribution in [1.29, 1.82) is 0 Å². The van der Waals surface area contributed by atoms with Gasteiger partial charge in [0, 0.05) is 24.2 Å². The second-order valence-corrected chi connectivity index (χ2v) is 7.88. The highest BCUT2D eigenvalue weighted by atomic mass is 16.5. The molecule has 0 amide bonds. The van der Waals surface area contributed by atoms with E-state index in [4.69, 9.17) is 4.74 Å². The quantitative estimate of drug-likeness (QED) is 0.604. The Bertz CT molecular complexity index is 976. The topological polar surface area (TPSA) is 12.5 Å². The Kier molecular flexibility index (Phi) is 3.93. The molecule has 2 heterocycles. The zero-order valence-electron chi connectivity index (χ0n) is 16.0. The molecule has 2 aliphatic rings. The average Bonchev–Trinajstić information content (AvgIpc) is 2.72. The maximum Gasteiger partial charge on any atom is 0.118 e. The molecule has 0 fully saturated rings. The third kappa shape index (κ3) is 2.80. The van der Waals surface area contributed by atoms with Crippen LogP contribution in [0.1, 0.15) is 40.2 Å². The maximum absolute atomic E-state index is 5.36. The normalized spacial score (nSPS) is 20.4. The van der Waals surface area contributed by atoms with Crippen LogP contribution in [-0.4, -0.2) is 13.2 Å². The highest BCUT2D eigenvalue weighted by molar-refractivity contribution is 5.63. The summed E-state index contributed by atoms with van der Waals surface area (Å²) in [6.45, 7) is 3.22. The van der Waals surface area contributed by atoms with E-state index >= 15 is 0 Å². The monoisotopic (exact) mass is 355 g/mol. The number of fused-ring (bicyclic) bond motifs is 4. The van der Waals surface area contributed by atoms with Gasteiger partial charge in [-0.15, -0.1) is 0 Å². The second-order valence-electron chi connectivity index (χ2n) is 7.88. The fourth-order valence-electron chi connectivity index (χ4n) is 4.83. The number of nitrogens with zero attached hydrogens (tertiary/aromatic N) is 1. The molecule has 5 rings (SSSR count). The number of benzene rings is 3. The van der Waals surface area contributed by atoms with Gasteiger partial charge in [0.25, 0.3) is 0 Å². The van der Waals surface area contributed by atoms with Crippen molar-refractivity contribution in [2.75, 3.05) is 12.0 Å². The van der Waals surface area contributed by atoms with E-state index in [-0.39, 0.29) is 0 Å². The predicted molar refractivity (Wildman–Crippen MR) is 111 cm³/mol. The largest absolute Gasteiger partial charge is 0.497 e. The van der Waals surface area contributed by atoms with E-state index in [9.17, 15) is 0 Å². The molecule has 0 bridgehead atoms. The van der Waals surface area contributed by atoms with Crippen molar-refractivity contribution in [2.45, 2.75) is 38.3 Å². The Balaban J connectivity index is 1.59. The standard InChI is InChI=1S/C25H25NO/c1-17-7-12-23-24(18-8-10-22(27-2)11-9-18)15-21-14-19-5-3-4-6-20(19)16-26(21)25(23)13-17/h3-13,21,24H,14-16H2,1-2H3/t21-,24-/m1/s1. The number of rotatable bonds is 2. The number of aryl methyl sites for hydroxylation is 1. The molecular formula is C25H25NO. The summed E-state index contributed by atoms with van der Waals surface area (Å²) in [5, 5.41) is 0. The van der Waals surface area contributed by atoms with E-state index < -0.39 is 0 Å². The van der Waals surface area contributed by atoms with Crippen molar-refractivity contribution in [3.63, 3.8) is 0 Å². The molecular weight excluding hydrogens is 330 g/mol. The van der Waals surface area contributed by atoms with Gasteiger partial charge >= 0.3 is 0 Å². The Hall–Kier alpha value is -2.74. The van der Waals surface area contributed by atoms with E-state index in [0.717, 1.165) is 25.1 Å². The number of methoxy groups -OCH3 is 1. The van der Waals surface area contributed by atoms with Gasteiger partial charge in [0.05, 0.1) is 7.11 Å². The molecule has 3 aromatic carbocycles. The highest BCUT2D eigenvalue weighted by Gasteiger charge is 2.36. The van der Waals surface area contributed by atoms with Crippen LogP contribution in [0.3, 0.4) is 0 Å². The number of ether oxygens (including phenoxy) is 1. The van der Waals surface area contributed by atoms with Gasteiger partial charge in [-0.05, 0) is 65.8 Å². The number of anilines is 1. The summed E-state index contributed by atoms with van der Waals surface area (Å²) < 4.78 is 5.36. The van der Waals surface area contributed by atoms with Gasteiger partial charge in [0.1, 0.15) is 5.75 Å². The summed E-state index contributed by atoms with van der Waals surface area (Å²) in [6, 6.07) is 25.1. The van der Waals surface area contributed by atoms with Gasteiger partial charge in [0.2, 0.25) is 0 Å². The molecule has 2 heteroatoms. The maximum atomic E-state index is 5.36. The Morgan fingerprint density at radius 2 is 1.70 bits per heavy atom. The van der Waals surface area contributed by atoms with Crippen LogP contribution in [0, 0.1) is 6.92 Å². The van der Waals surface area contributed by atoms with Crippen molar-refractivity contribution in [2.24, 2.45) is 0 Å². The molecule has 0 aromatic heterocycles.